The molecule has 84 valence electrons. The lowest BCUT2D eigenvalue weighted by Crippen LogP contribution is -2.40. The van der Waals surface area contributed by atoms with E-state index in [-0.39, 0.29) is 24.5 Å². The number of aliphatic hydroxyl groups is 1. The molecule has 0 unspecified atom stereocenters. The molecule has 3 nitrogen and oxygen atoms in total. The smallest absolute Gasteiger partial charge is 0.261 e. The molecule has 0 fully saturated rings. The standard InChI is InChI=1S/C10H14BrNO2S/c1-6(2)7(5-13)12-10(14)8-3-4-9(11)15-8/h3-4,6-7,13H,5H2,1-2H3,(H,12,14)/t7-/m1/s1. The monoisotopic (exact) mass is 291 g/mol. The van der Waals surface area contributed by atoms with Crippen molar-refractivity contribution in [2.45, 2.75) is 19.9 Å². The molecule has 1 aromatic rings. The van der Waals surface area contributed by atoms with E-state index in [1.807, 2.05) is 19.9 Å². The highest BCUT2D eigenvalue weighted by Crippen LogP contribution is 2.22. The summed E-state index contributed by atoms with van der Waals surface area (Å²) in [5.74, 6) is 0.0980. The third-order valence-electron chi connectivity index (χ3n) is 2.11. The van der Waals surface area contributed by atoms with Crippen LogP contribution in [0.3, 0.4) is 0 Å². The Labute approximate surface area is 102 Å². The van der Waals surface area contributed by atoms with Gasteiger partial charge in [-0.2, -0.15) is 0 Å². The predicted molar refractivity (Wildman–Crippen MR) is 65.2 cm³/mol. The molecule has 0 aliphatic heterocycles. The Morgan fingerprint density at radius 3 is 2.67 bits per heavy atom. The van der Waals surface area contributed by atoms with Crippen molar-refractivity contribution in [1.82, 2.24) is 5.32 Å². The Bertz CT molecular complexity index is 338. The molecule has 0 radical (unpaired) electrons. The highest BCUT2D eigenvalue weighted by atomic mass is 79.9. The number of hydrogen-bond donors (Lipinski definition) is 2. The zero-order valence-corrected chi connectivity index (χ0v) is 11.1. The van der Waals surface area contributed by atoms with Crippen LogP contribution in [0.2, 0.25) is 0 Å². The van der Waals surface area contributed by atoms with Gasteiger partial charge in [0, 0.05) is 0 Å². The fourth-order valence-corrected chi connectivity index (χ4v) is 2.39. The molecule has 15 heavy (non-hydrogen) atoms. The van der Waals surface area contributed by atoms with E-state index < -0.39 is 0 Å². The van der Waals surface area contributed by atoms with Crippen LogP contribution in [0.1, 0.15) is 23.5 Å². The fraction of sp³-hybridized carbons (Fsp3) is 0.500. The van der Waals surface area contributed by atoms with Crippen LogP contribution in [0.15, 0.2) is 15.9 Å². The van der Waals surface area contributed by atoms with E-state index in [0.717, 1.165) is 3.79 Å². The summed E-state index contributed by atoms with van der Waals surface area (Å²) in [6.45, 7) is 3.90. The van der Waals surface area contributed by atoms with Crippen LogP contribution in [0.25, 0.3) is 0 Å². The minimum Gasteiger partial charge on any atom is -0.394 e. The number of amides is 1. The number of carbonyl (C=O) groups excluding carboxylic acids is 1. The molecule has 1 amide bonds. The van der Waals surface area contributed by atoms with Gasteiger partial charge in [0.25, 0.3) is 5.91 Å². The highest BCUT2D eigenvalue weighted by molar-refractivity contribution is 9.11. The maximum Gasteiger partial charge on any atom is 0.261 e. The van der Waals surface area contributed by atoms with Crippen molar-refractivity contribution >= 4 is 33.2 Å². The molecule has 0 aliphatic rings. The number of halogens is 1. The van der Waals surface area contributed by atoms with E-state index in [1.54, 1.807) is 6.07 Å². The molecule has 0 aliphatic carbocycles. The summed E-state index contributed by atoms with van der Waals surface area (Å²) >= 11 is 4.68. The second kappa shape index (κ2) is 5.63. The fourth-order valence-electron chi connectivity index (χ4n) is 1.10. The van der Waals surface area contributed by atoms with E-state index in [2.05, 4.69) is 21.2 Å². The van der Waals surface area contributed by atoms with E-state index in [0.29, 0.717) is 4.88 Å². The largest absolute Gasteiger partial charge is 0.394 e. The second-order valence-electron chi connectivity index (χ2n) is 3.61. The molecule has 0 aromatic carbocycles. The lowest BCUT2D eigenvalue weighted by Gasteiger charge is -2.19. The van der Waals surface area contributed by atoms with Crippen LogP contribution in [-0.4, -0.2) is 23.7 Å². The van der Waals surface area contributed by atoms with Crippen LogP contribution in [0.4, 0.5) is 0 Å². The summed E-state index contributed by atoms with van der Waals surface area (Å²) in [4.78, 5) is 12.4. The molecule has 0 saturated heterocycles. The first-order chi connectivity index (χ1) is 7.04. The van der Waals surface area contributed by atoms with Gasteiger partial charge in [0.05, 0.1) is 21.3 Å². The number of thiophene rings is 1. The van der Waals surface area contributed by atoms with E-state index in [9.17, 15) is 4.79 Å². The summed E-state index contributed by atoms with van der Waals surface area (Å²) in [7, 11) is 0. The zero-order valence-electron chi connectivity index (χ0n) is 8.66. The van der Waals surface area contributed by atoms with Gasteiger partial charge in [0.1, 0.15) is 0 Å². The topological polar surface area (TPSA) is 49.3 Å². The van der Waals surface area contributed by atoms with Gasteiger partial charge in [-0.3, -0.25) is 4.79 Å². The minimum atomic E-state index is -0.182. The average molecular weight is 292 g/mol. The minimum absolute atomic E-state index is 0.0318. The number of carbonyl (C=O) groups is 1. The van der Waals surface area contributed by atoms with Crippen molar-refractivity contribution in [3.8, 4) is 0 Å². The number of aliphatic hydroxyl groups excluding tert-OH is 1. The lowest BCUT2D eigenvalue weighted by atomic mass is 10.1. The Hall–Kier alpha value is -0.390. The summed E-state index contributed by atoms with van der Waals surface area (Å²) in [6.07, 6.45) is 0. The van der Waals surface area contributed by atoms with Crippen molar-refractivity contribution in [3.05, 3.63) is 20.8 Å². The number of hydrogen-bond acceptors (Lipinski definition) is 3. The highest BCUT2D eigenvalue weighted by Gasteiger charge is 2.16. The van der Waals surface area contributed by atoms with E-state index in [4.69, 9.17) is 5.11 Å². The van der Waals surface area contributed by atoms with Gasteiger partial charge in [-0.15, -0.1) is 11.3 Å². The van der Waals surface area contributed by atoms with Gasteiger partial charge in [0.15, 0.2) is 0 Å². The normalized spacial score (nSPS) is 12.9. The summed E-state index contributed by atoms with van der Waals surface area (Å²) in [5.41, 5.74) is 0. The maximum atomic E-state index is 11.7. The predicted octanol–water partition coefficient (Wildman–Crippen LogP) is 2.26. The zero-order chi connectivity index (χ0) is 11.4. The van der Waals surface area contributed by atoms with Crippen molar-refractivity contribution in [3.63, 3.8) is 0 Å². The molecule has 1 rings (SSSR count). The van der Waals surface area contributed by atoms with Crippen LogP contribution in [-0.2, 0) is 0 Å². The average Bonchev–Trinajstić information content (AvgIpc) is 2.60. The number of rotatable bonds is 4. The van der Waals surface area contributed by atoms with Gasteiger partial charge in [-0.1, -0.05) is 13.8 Å². The molecule has 0 saturated carbocycles. The first-order valence-corrected chi connectivity index (χ1v) is 6.32. The van der Waals surface area contributed by atoms with Gasteiger partial charge in [-0.05, 0) is 34.0 Å². The molecule has 1 atom stereocenters. The van der Waals surface area contributed by atoms with Crippen molar-refractivity contribution in [2.75, 3.05) is 6.61 Å². The second-order valence-corrected chi connectivity index (χ2v) is 6.07. The van der Waals surface area contributed by atoms with Crippen LogP contribution >= 0.6 is 27.3 Å². The van der Waals surface area contributed by atoms with E-state index >= 15 is 0 Å². The lowest BCUT2D eigenvalue weighted by molar-refractivity contribution is 0.0901. The molecule has 0 spiro atoms. The molecule has 0 bridgehead atoms. The van der Waals surface area contributed by atoms with Gasteiger partial charge in [-0.25, -0.2) is 0 Å². The Kier molecular flexibility index (Phi) is 4.76. The van der Waals surface area contributed by atoms with Crippen molar-refractivity contribution < 1.29 is 9.90 Å². The molecule has 1 aromatic heterocycles. The maximum absolute atomic E-state index is 11.7. The van der Waals surface area contributed by atoms with Crippen LogP contribution in [0, 0.1) is 5.92 Å². The van der Waals surface area contributed by atoms with Crippen molar-refractivity contribution in [2.24, 2.45) is 5.92 Å². The summed E-state index contributed by atoms with van der Waals surface area (Å²) in [5, 5.41) is 11.9. The third-order valence-corrected chi connectivity index (χ3v) is 3.74. The molecular weight excluding hydrogens is 278 g/mol. The SMILES string of the molecule is CC(C)[C@@H](CO)NC(=O)c1ccc(Br)s1. The quantitative estimate of drug-likeness (QED) is 0.894. The summed E-state index contributed by atoms with van der Waals surface area (Å²) in [6, 6.07) is 3.42. The van der Waals surface area contributed by atoms with Gasteiger partial charge < -0.3 is 10.4 Å². The van der Waals surface area contributed by atoms with Crippen LogP contribution < -0.4 is 5.32 Å². The Balaban J connectivity index is 2.62. The van der Waals surface area contributed by atoms with Gasteiger partial charge >= 0.3 is 0 Å². The molecule has 2 N–H and O–H groups in total. The molecular formula is C10H14BrNO2S. The van der Waals surface area contributed by atoms with Crippen molar-refractivity contribution in [1.29, 1.82) is 0 Å². The summed E-state index contributed by atoms with van der Waals surface area (Å²) < 4.78 is 0.928. The molecule has 5 heteroatoms. The number of nitrogens with one attached hydrogen (secondary N) is 1. The van der Waals surface area contributed by atoms with E-state index in [1.165, 1.54) is 11.3 Å². The molecule has 1 heterocycles. The van der Waals surface area contributed by atoms with Crippen LogP contribution in [0.5, 0.6) is 0 Å². The van der Waals surface area contributed by atoms with Gasteiger partial charge in [0.2, 0.25) is 0 Å². The first kappa shape index (κ1) is 12.7. The third kappa shape index (κ3) is 3.59. The Morgan fingerprint density at radius 2 is 2.27 bits per heavy atom. The Morgan fingerprint density at radius 1 is 1.60 bits per heavy atom. The first-order valence-electron chi connectivity index (χ1n) is 4.71.